The van der Waals surface area contributed by atoms with E-state index in [2.05, 4.69) is 0 Å². The average Bonchev–Trinajstić information content (AvgIpc) is 2.07. The van der Waals surface area contributed by atoms with Gasteiger partial charge in [0.15, 0.2) is 0 Å². The van der Waals surface area contributed by atoms with Gasteiger partial charge in [-0.3, -0.25) is 10.1 Å². The number of nitrogens with zero attached hydrogens (tertiary/aromatic N) is 1. The van der Waals surface area contributed by atoms with Gasteiger partial charge in [0.1, 0.15) is 6.67 Å². The number of alkyl halides is 1. The maximum absolute atomic E-state index is 12.3. The number of nitro groups is 1. The number of hydrogen-bond acceptors (Lipinski definition) is 2. The Morgan fingerprint density at radius 1 is 1.38 bits per heavy atom. The molecule has 0 N–H and O–H groups in total. The Bertz CT molecular complexity index is 350. The maximum atomic E-state index is 12.3. The molecule has 1 aromatic carbocycles. The molecule has 0 amide bonds. The lowest BCUT2D eigenvalue weighted by atomic mass is 10.0. The van der Waals surface area contributed by atoms with Crippen molar-refractivity contribution < 1.29 is 9.31 Å². The highest BCUT2D eigenvalue weighted by Crippen LogP contribution is 2.22. The summed E-state index contributed by atoms with van der Waals surface area (Å²) in [4.78, 5) is 10.0. The summed E-state index contributed by atoms with van der Waals surface area (Å²) in [6, 6.07) is 2.93. The molecule has 0 aliphatic heterocycles. The maximum Gasteiger partial charge on any atom is 0.272 e. The topological polar surface area (TPSA) is 43.1 Å². The molecule has 0 aliphatic rings. The summed E-state index contributed by atoms with van der Waals surface area (Å²) >= 11 is 0. The van der Waals surface area contributed by atoms with Gasteiger partial charge < -0.3 is 0 Å². The van der Waals surface area contributed by atoms with Crippen LogP contribution in [-0.4, -0.2) is 4.92 Å². The van der Waals surface area contributed by atoms with E-state index < -0.39 is 11.6 Å². The third-order valence-electron chi connectivity index (χ3n) is 2.00. The Balaban J connectivity index is 3.28. The van der Waals surface area contributed by atoms with E-state index in [9.17, 15) is 14.5 Å². The first kappa shape index (κ1) is 9.64. The second kappa shape index (κ2) is 3.51. The Hall–Kier alpha value is -1.45. The van der Waals surface area contributed by atoms with Crippen LogP contribution in [0.3, 0.4) is 0 Å². The van der Waals surface area contributed by atoms with Crippen LogP contribution in [0.4, 0.5) is 10.1 Å². The molecule has 1 aromatic rings. The van der Waals surface area contributed by atoms with E-state index in [-0.39, 0.29) is 5.69 Å². The van der Waals surface area contributed by atoms with Crippen molar-refractivity contribution in [2.75, 3.05) is 0 Å². The number of nitro benzene ring substituents is 1. The van der Waals surface area contributed by atoms with Crippen LogP contribution in [0.2, 0.25) is 0 Å². The molecule has 3 nitrogen and oxygen atoms in total. The second-order valence-corrected chi connectivity index (χ2v) is 2.96. The van der Waals surface area contributed by atoms with Gasteiger partial charge in [-0.05, 0) is 31.0 Å². The number of halogens is 1. The standard InChI is InChI=1S/C9H10FNO2/c1-6-4-9(11(12)13)7(2)3-8(6)5-10/h3-4H,5H2,1-2H3. The lowest BCUT2D eigenvalue weighted by molar-refractivity contribution is -0.385. The first-order chi connectivity index (χ1) is 6.06. The van der Waals surface area contributed by atoms with Gasteiger partial charge >= 0.3 is 0 Å². The summed E-state index contributed by atoms with van der Waals surface area (Å²) in [6.07, 6.45) is 0. The Kier molecular flexibility index (Phi) is 2.60. The number of aryl methyl sites for hydroxylation is 2. The summed E-state index contributed by atoms with van der Waals surface area (Å²) in [6.45, 7) is 2.70. The minimum absolute atomic E-state index is 0.0506. The highest BCUT2D eigenvalue weighted by molar-refractivity contribution is 5.45. The van der Waals surface area contributed by atoms with Crippen LogP contribution >= 0.6 is 0 Å². The Morgan fingerprint density at radius 3 is 2.46 bits per heavy atom. The van der Waals surface area contributed by atoms with Crippen molar-refractivity contribution in [3.8, 4) is 0 Å². The molecular formula is C9H10FNO2. The van der Waals surface area contributed by atoms with Gasteiger partial charge in [0, 0.05) is 11.6 Å². The van der Waals surface area contributed by atoms with Gasteiger partial charge in [-0.2, -0.15) is 0 Å². The van der Waals surface area contributed by atoms with Gasteiger partial charge in [-0.25, -0.2) is 4.39 Å². The predicted molar refractivity (Wildman–Crippen MR) is 47.4 cm³/mol. The largest absolute Gasteiger partial charge is 0.272 e. The molecule has 0 saturated carbocycles. The van der Waals surface area contributed by atoms with Crippen molar-refractivity contribution in [2.45, 2.75) is 20.5 Å². The zero-order valence-electron chi connectivity index (χ0n) is 7.50. The minimum atomic E-state index is -0.579. The van der Waals surface area contributed by atoms with E-state index in [1.54, 1.807) is 13.8 Å². The van der Waals surface area contributed by atoms with Crippen molar-refractivity contribution >= 4 is 5.69 Å². The van der Waals surface area contributed by atoms with E-state index >= 15 is 0 Å². The Labute approximate surface area is 75.3 Å². The summed E-state index contributed by atoms with van der Waals surface area (Å²) in [7, 11) is 0. The fraction of sp³-hybridized carbons (Fsp3) is 0.333. The molecule has 0 unspecified atom stereocenters. The molecule has 0 atom stereocenters. The fourth-order valence-electron chi connectivity index (χ4n) is 1.20. The Morgan fingerprint density at radius 2 is 2.00 bits per heavy atom. The lowest BCUT2D eigenvalue weighted by Gasteiger charge is -2.03. The summed E-state index contributed by atoms with van der Waals surface area (Å²) < 4.78 is 12.3. The molecule has 0 fully saturated rings. The molecule has 13 heavy (non-hydrogen) atoms. The van der Waals surface area contributed by atoms with Crippen molar-refractivity contribution in [2.24, 2.45) is 0 Å². The van der Waals surface area contributed by atoms with Crippen LogP contribution in [0.1, 0.15) is 16.7 Å². The monoisotopic (exact) mass is 183 g/mol. The van der Waals surface area contributed by atoms with Gasteiger partial charge in [0.05, 0.1) is 4.92 Å². The van der Waals surface area contributed by atoms with Crippen LogP contribution in [-0.2, 0) is 6.67 Å². The third-order valence-corrected chi connectivity index (χ3v) is 2.00. The van der Waals surface area contributed by atoms with Crippen LogP contribution in [0.15, 0.2) is 12.1 Å². The number of rotatable bonds is 2. The van der Waals surface area contributed by atoms with E-state index in [1.165, 1.54) is 12.1 Å². The van der Waals surface area contributed by atoms with E-state index in [0.717, 1.165) is 0 Å². The van der Waals surface area contributed by atoms with Gasteiger partial charge in [-0.15, -0.1) is 0 Å². The molecule has 1 rings (SSSR count). The third kappa shape index (κ3) is 1.83. The smallest absolute Gasteiger partial charge is 0.258 e. The quantitative estimate of drug-likeness (QED) is 0.522. The predicted octanol–water partition coefficient (Wildman–Crippen LogP) is 2.68. The number of hydrogen-bond donors (Lipinski definition) is 0. The van der Waals surface area contributed by atoms with Crippen LogP contribution < -0.4 is 0 Å². The van der Waals surface area contributed by atoms with E-state index in [0.29, 0.717) is 16.7 Å². The van der Waals surface area contributed by atoms with Crippen LogP contribution in [0, 0.1) is 24.0 Å². The molecule has 0 heterocycles. The number of benzene rings is 1. The molecule has 4 heteroatoms. The summed E-state index contributed by atoms with van der Waals surface area (Å²) in [5.41, 5.74) is 1.70. The van der Waals surface area contributed by atoms with Crippen LogP contribution in [0.25, 0.3) is 0 Å². The first-order valence-electron chi connectivity index (χ1n) is 3.86. The van der Waals surface area contributed by atoms with E-state index in [1.807, 2.05) is 0 Å². The molecule has 0 aromatic heterocycles. The van der Waals surface area contributed by atoms with Crippen molar-refractivity contribution in [1.29, 1.82) is 0 Å². The molecular weight excluding hydrogens is 173 g/mol. The molecule has 0 bridgehead atoms. The molecule has 0 aliphatic carbocycles. The minimum Gasteiger partial charge on any atom is -0.258 e. The highest BCUT2D eigenvalue weighted by atomic mass is 19.1. The highest BCUT2D eigenvalue weighted by Gasteiger charge is 2.12. The SMILES string of the molecule is Cc1cc([N+](=O)[O-])c(C)cc1CF. The van der Waals surface area contributed by atoms with Crippen LogP contribution in [0.5, 0.6) is 0 Å². The second-order valence-electron chi connectivity index (χ2n) is 2.96. The first-order valence-corrected chi connectivity index (χ1v) is 3.86. The molecule has 0 saturated heterocycles. The van der Waals surface area contributed by atoms with Gasteiger partial charge in [-0.1, -0.05) is 0 Å². The van der Waals surface area contributed by atoms with Gasteiger partial charge in [0.25, 0.3) is 5.69 Å². The van der Waals surface area contributed by atoms with Crippen molar-refractivity contribution in [3.63, 3.8) is 0 Å². The molecule has 0 radical (unpaired) electrons. The molecule has 0 spiro atoms. The molecule has 70 valence electrons. The zero-order valence-corrected chi connectivity index (χ0v) is 7.50. The van der Waals surface area contributed by atoms with Crippen molar-refractivity contribution in [3.05, 3.63) is 38.9 Å². The van der Waals surface area contributed by atoms with E-state index in [4.69, 9.17) is 0 Å². The van der Waals surface area contributed by atoms with Gasteiger partial charge in [0.2, 0.25) is 0 Å². The lowest BCUT2D eigenvalue weighted by Crippen LogP contribution is -1.95. The zero-order chi connectivity index (χ0) is 10.0. The van der Waals surface area contributed by atoms with Crippen molar-refractivity contribution in [1.82, 2.24) is 0 Å². The summed E-state index contributed by atoms with van der Waals surface area (Å²) in [5.74, 6) is 0. The summed E-state index contributed by atoms with van der Waals surface area (Å²) in [5, 5.41) is 10.5. The fourth-order valence-corrected chi connectivity index (χ4v) is 1.20. The average molecular weight is 183 g/mol. The normalized spacial score (nSPS) is 10.1.